The Labute approximate surface area is 155 Å². The normalized spacial score (nSPS) is 21.8. The lowest BCUT2D eigenvalue weighted by Gasteiger charge is -2.23. The van der Waals surface area contributed by atoms with Gasteiger partial charge < -0.3 is 19.6 Å². The first-order valence-corrected chi connectivity index (χ1v) is 8.44. The number of ether oxygens (including phenoxy) is 2. The summed E-state index contributed by atoms with van der Waals surface area (Å²) in [5.41, 5.74) is -0.359. The summed E-state index contributed by atoms with van der Waals surface area (Å²) < 4.78 is 10.4. The highest BCUT2D eigenvalue weighted by molar-refractivity contribution is 6.20. The Bertz CT molecular complexity index is 764. The maximum Gasteiger partial charge on any atom is 0.407 e. The van der Waals surface area contributed by atoms with Gasteiger partial charge in [-0.3, -0.25) is 9.59 Å². The van der Waals surface area contributed by atoms with Gasteiger partial charge in [0.05, 0.1) is 30.4 Å². The van der Waals surface area contributed by atoms with Crippen LogP contribution in [-0.4, -0.2) is 53.8 Å². The minimum atomic E-state index is -0.873. The summed E-state index contributed by atoms with van der Waals surface area (Å²) in [6.07, 6.45) is -0.698. The van der Waals surface area contributed by atoms with Gasteiger partial charge in [0.15, 0.2) is 0 Å². The number of hydrogen-bond acceptors (Lipinski definition) is 7. The van der Waals surface area contributed by atoms with Crippen molar-refractivity contribution in [3.63, 3.8) is 0 Å². The third-order valence-electron chi connectivity index (χ3n) is 4.02. The molecule has 0 aromatic heterocycles. The van der Waals surface area contributed by atoms with Crippen LogP contribution in [0.3, 0.4) is 0 Å². The van der Waals surface area contributed by atoms with Gasteiger partial charge in [0.25, 0.3) is 11.8 Å². The molecule has 0 aliphatic carbocycles. The second kappa shape index (κ2) is 6.99. The molecule has 3 amide bonds. The Kier molecular flexibility index (Phi) is 4.88. The molecule has 2 atom stereocenters. The van der Waals surface area contributed by atoms with Crippen LogP contribution >= 0.6 is 0 Å². The summed E-state index contributed by atoms with van der Waals surface area (Å²) in [7, 11) is 0. The number of rotatable bonds is 3. The Morgan fingerprint density at radius 3 is 2.26 bits per heavy atom. The van der Waals surface area contributed by atoms with E-state index in [1.54, 1.807) is 32.9 Å². The number of nitrogens with one attached hydrogen (secondary N) is 1. The van der Waals surface area contributed by atoms with Crippen molar-refractivity contribution in [2.75, 3.05) is 13.2 Å². The fourth-order valence-corrected chi connectivity index (χ4v) is 2.80. The predicted molar refractivity (Wildman–Crippen MR) is 90.5 cm³/mol. The summed E-state index contributed by atoms with van der Waals surface area (Å²) in [4.78, 5) is 54.0. The van der Waals surface area contributed by atoms with E-state index >= 15 is 0 Å². The van der Waals surface area contributed by atoms with Gasteiger partial charge in [-0.25, -0.2) is 9.59 Å². The molecule has 2 aliphatic rings. The Balaban J connectivity index is 1.65. The van der Waals surface area contributed by atoms with Gasteiger partial charge in [-0.05, 0) is 32.9 Å². The number of hydroxylamine groups is 2. The van der Waals surface area contributed by atoms with E-state index in [0.717, 1.165) is 0 Å². The SMILES string of the molecule is CC(C)(C)OC(=O)N[C@@H]1COC[C@@H]1C(=O)ON1C(=O)c2ccccc2C1=O. The molecule has 0 radical (unpaired) electrons. The van der Waals surface area contributed by atoms with Crippen LogP contribution in [0.15, 0.2) is 24.3 Å². The highest BCUT2D eigenvalue weighted by atomic mass is 16.7. The highest BCUT2D eigenvalue weighted by Gasteiger charge is 2.43. The largest absolute Gasteiger partial charge is 0.444 e. The van der Waals surface area contributed by atoms with Gasteiger partial charge >= 0.3 is 12.1 Å². The van der Waals surface area contributed by atoms with Crippen LogP contribution < -0.4 is 5.32 Å². The number of fused-ring (bicyclic) bond motifs is 1. The summed E-state index contributed by atoms with van der Waals surface area (Å²) in [6.45, 7) is 5.22. The van der Waals surface area contributed by atoms with Crippen molar-refractivity contribution in [1.29, 1.82) is 0 Å². The van der Waals surface area contributed by atoms with E-state index in [-0.39, 0.29) is 24.3 Å². The average Bonchev–Trinajstić information content (AvgIpc) is 3.12. The number of imide groups is 1. The van der Waals surface area contributed by atoms with E-state index in [2.05, 4.69) is 5.32 Å². The van der Waals surface area contributed by atoms with E-state index in [9.17, 15) is 19.2 Å². The van der Waals surface area contributed by atoms with Crippen molar-refractivity contribution in [3.8, 4) is 0 Å². The van der Waals surface area contributed by atoms with Crippen molar-refractivity contribution < 1.29 is 33.5 Å². The van der Waals surface area contributed by atoms with Crippen LogP contribution in [0, 0.1) is 5.92 Å². The molecule has 9 heteroatoms. The summed E-state index contributed by atoms with van der Waals surface area (Å²) in [5, 5.41) is 3.00. The quantitative estimate of drug-likeness (QED) is 0.791. The second-order valence-corrected chi connectivity index (χ2v) is 7.26. The Morgan fingerprint density at radius 1 is 1.11 bits per heavy atom. The van der Waals surface area contributed by atoms with Crippen molar-refractivity contribution in [3.05, 3.63) is 35.4 Å². The number of benzene rings is 1. The molecular formula is C18H20N2O7. The monoisotopic (exact) mass is 376 g/mol. The molecule has 9 nitrogen and oxygen atoms in total. The second-order valence-electron chi connectivity index (χ2n) is 7.26. The average molecular weight is 376 g/mol. The molecule has 1 aromatic carbocycles. The molecule has 0 spiro atoms. The molecule has 1 saturated heterocycles. The molecule has 1 fully saturated rings. The van der Waals surface area contributed by atoms with Gasteiger partial charge in [0.2, 0.25) is 0 Å². The highest BCUT2D eigenvalue weighted by Crippen LogP contribution is 2.24. The molecule has 3 rings (SSSR count). The first-order chi connectivity index (χ1) is 12.7. The van der Waals surface area contributed by atoms with Crippen LogP contribution in [0.2, 0.25) is 0 Å². The van der Waals surface area contributed by atoms with Crippen LogP contribution in [0.1, 0.15) is 41.5 Å². The Morgan fingerprint density at radius 2 is 1.70 bits per heavy atom. The lowest BCUT2D eigenvalue weighted by atomic mass is 10.0. The van der Waals surface area contributed by atoms with Gasteiger partial charge in [-0.1, -0.05) is 17.2 Å². The van der Waals surface area contributed by atoms with Gasteiger partial charge in [0, 0.05) is 0 Å². The number of amides is 3. The molecule has 1 N–H and O–H groups in total. The maximum absolute atomic E-state index is 12.5. The molecular weight excluding hydrogens is 356 g/mol. The molecule has 144 valence electrons. The predicted octanol–water partition coefficient (Wildman–Crippen LogP) is 1.28. The topological polar surface area (TPSA) is 111 Å². The third kappa shape index (κ3) is 3.92. The summed E-state index contributed by atoms with van der Waals surface area (Å²) in [5.74, 6) is -3.14. The van der Waals surface area contributed by atoms with Crippen LogP contribution in [0.5, 0.6) is 0 Å². The summed E-state index contributed by atoms with van der Waals surface area (Å²) in [6, 6.07) is 5.49. The molecule has 27 heavy (non-hydrogen) atoms. The zero-order chi connectivity index (χ0) is 19.8. The molecule has 2 aliphatic heterocycles. The number of carbonyl (C=O) groups excluding carboxylic acids is 4. The minimum Gasteiger partial charge on any atom is -0.444 e. The lowest BCUT2D eigenvalue weighted by Crippen LogP contribution is -2.46. The number of nitrogens with zero attached hydrogens (tertiary/aromatic N) is 1. The maximum atomic E-state index is 12.5. The Hall–Kier alpha value is -2.94. The standard InChI is InChI=1S/C18H20N2O7/c1-18(2,3)26-17(24)19-13-9-25-8-12(13)16(23)27-20-14(21)10-6-4-5-7-11(10)15(20)22/h4-7,12-13H,8-9H2,1-3H3,(H,19,24)/t12-,13+/m0/s1. The van der Waals surface area contributed by atoms with Crippen molar-refractivity contribution in [1.82, 2.24) is 10.4 Å². The van der Waals surface area contributed by atoms with Gasteiger partial charge in [-0.15, -0.1) is 0 Å². The summed E-state index contributed by atoms with van der Waals surface area (Å²) >= 11 is 0. The zero-order valence-corrected chi connectivity index (χ0v) is 15.2. The van der Waals surface area contributed by atoms with E-state index in [1.807, 2.05) is 0 Å². The minimum absolute atomic E-state index is 0.0114. The van der Waals surface area contributed by atoms with Crippen molar-refractivity contribution in [2.45, 2.75) is 32.4 Å². The third-order valence-corrected chi connectivity index (χ3v) is 4.02. The first-order valence-electron chi connectivity index (χ1n) is 8.44. The fraction of sp³-hybridized carbons (Fsp3) is 0.444. The number of alkyl carbamates (subject to hydrolysis) is 1. The van der Waals surface area contributed by atoms with Gasteiger partial charge in [-0.2, -0.15) is 0 Å². The van der Waals surface area contributed by atoms with E-state index in [0.29, 0.717) is 5.06 Å². The molecule has 1 aromatic rings. The van der Waals surface area contributed by atoms with Crippen LogP contribution in [0.25, 0.3) is 0 Å². The molecule has 0 unspecified atom stereocenters. The van der Waals surface area contributed by atoms with Crippen LogP contribution in [-0.2, 0) is 19.1 Å². The van der Waals surface area contributed by atoms with E-state index in [4.69, 9.17) is 14.3 Å². The molecule has 0 saturated carbocycles. The van der Waals surface area contributed by atoms with E-state index in [1.165, 1.54) is 12.1 Å². The lowest BCUT2D eigenvalue weighted by molar-refractivity contribution is -0.174. The molecule has 0 bridgehead atoms. The number of hydrogen-bond donors (Lipinski definition) is 1. The van der Waals surface area contributed by atoms with Gasteiger partial charge in [0.1, 0.15) is 11.5 Å². The van der Waals surface area contributed by atoms with Crippen molar-refractivity contribution >= 4 is 23.9 Å². The first kappa shape index (κ1) is 18.8. The molecule has 2 heterocycles. The smallest absolute Gasteiger partial charge is 0.407 e. The van der Waals surface area contributed by atoms with Crippen molar-refractivity contribution in [2.24, 2.45) is 5.92 Å². The van der Waals surface area contributed by atoms with E-state index < -0.39 is 41.4 Å². The zero-order valence-electron chi connectivity index (χ0n) is 15.2. The fourth-order valence-electron chi connectivity index (χ4n) is 2.80. The van der Waals surface area contributed by atoms with Crippen LogP contribution in [0.4, 0.5) is 4.79 Å². The number of carbonyl (C=O) groups is 4.